The highest BCUT2D eigenvalue weighted by Gasteiger charge is 2.48. The van der Waals surface area contributed by atoms with Crippen molar-refractivity contribution >= 4 is 17.6 Å². The molecule has 2 N–H and O–H groups in total. The van der Waals surface area contributed by atoms with Crippen LogP contribution in [0.2, 0.25) is 0 Å². The number of aryl methyl sites for hydroxylation is 1. The van der Waals surface area contributed by atoms with Gasteiger partial charge in [-0.15, -0.1) is 0 Å². The molecular formula is C14H22N4O3. The van der Waals surface area contributed by atoms with Gasteiger partial charge in [-0.2, -0.15) is 0 Å². The standard InChI is InChI=1S/C14H22N4O3/c1-9-7-12(17-21-9)16-14(20)11-8-10(11)13(19)15-5-4-6-18(2)3/h7,10-11H,4-6,8H2,1-3H3,(H,15,19)(H,16,17,20). The second-order valence-corrected chi connectivity index (χ2v) is 5.71. The van der Waals surface area contributed by atoms with Crippen molar-refractivity contribution in [2.24, 2.45) is 11.8 Å². The topological polar surface area (TPSA) is 87.5 Å². The number of carbonyl (C=O) groups is 2. The van der Waals surface area contributed by atoms with Crippen LogP contribution in [0.25, 0.3) is 0 Å². The van der Waals surface area contributed by atoms with E-state index in [0.717, 1.165) is 13.0 Å². The van der Waals surface area contributed by atoms with Gasteiger partial charge in [-0.1, -0.05) is 5.16 Å². The Bertz CT molecular complexity index is 512. The SMILES string of the molecule is Cc1cc(NC(=O)C2CC2C(=O)NCCCN(C)C)no1. The number of carbonyl (C=O) groups excluding carboxylic acids is 2. The van der Waals surface area contributed by atoms with Crippen molar-refractivity contribution < 1.29 is 14.1 Å². The van der Waals surface area contributed by atoms with Crippen molar-refractivity contribution in [1.82, 2.24) is 15.4 Å². The van der Waals surface area contributed by atoms with Gasteiger partial charge in [-0.3, -0.25) is 9.59 Å². The molecule has 0 radical (unpaired) electrons. The third-order valence-electron chi connectivity index (χ3n) is 3.42. The Morgan fingerprint density at radius 2 is 2.10 bits per heavy atom. The monoisotopic (exact) mass is 294 g/mol. The maximum Gasteiger partial charge on any atom is 0.229 e. The Morgan fingerprint density at radius 1 is 1.38 bits per heavy atom. The van der Waals surface area contributed by atoms with Crippen molar-refractivity contribution in [3.63, 3.8) is 0 Å². The average molecular weight is 294 g/mol. The fourth-order valence-corrected chi connectivity index (χ4v) is 2.16. The van der Waals surface area contributed by atoms with Crippen LogP contribution in [0.3, 0.4) is 0 Å². The molecule has 1 fully saturated rings. The highest BCUT2D eigenvalue weighted by atomic mass is 16.5. The molecule has 0 saturated heterocycles. The van der Waals surface area contributed by atoms with E-state index in [1.54, 1.807) is 13.0 Å². The molecule has 0 aromatic carbocycles. The van der Waals surface area contributed by atoms with Gasteiger partial charge in [0.05, 0.1) is 11.8 Å². The minimum Gasteiger partial charge on any atom is -0.360 e. The minimum atomic E-state index is -0.254. The zero-order valence-electron chi connectivity index (χ0n) is 12.7. The molecule has 1 aromatic heterocycles. The molecule has 2 amide bonds. The van der Waals surface area contributed by atoms with Gasteiger partial charge in [0, 0.05) is 12.6 Å². The van der Waals surface area contributed by atoms with Crippen LogP contribution in [0.5, 0.6) is 0 Å². The lowest BCUT2D eigenvalue weighted by atomic mass is 10.2. The molecule has 1 aliphatic rings. The molecule has 2 unspecified atom stereocenters. The molecule has 2 rings (SSSR count). The third kappa shape index (κ3) is 4.56. The van der Waals surface area contributed by atoms with E-state index in [1.807, 2.05) is 14.1 Å². The van der Waals surface area contributed by atoms with E-state index in [-0.39, 0.29) is 23.7 Å². The summed E-state index contributed by atoms with van der Waals surface area (Å²) in [5, 5.41) is 9.24. The summed E-state index contributed by atoms with van der Waals surface area (Å²) in [4.78, 5) is 25.9. The first kappa shape index (κ1) is 15.5. The fraction of sp³-hybridized carbons (Fsp3) is 0.643. The minimum absolute atomic E-state index is 0.0368. The van der Waals surface area contributed by atoms with E-state index >= 15 is 0 Å². The number of rotatable bonds is 7. The number of anilines is 1. The lowest BCUT2D eigenvalue weighted by molar-refractivity contribution is -0.125. The predicted molar refractivity (Wildman–Crippen MR) is 77.6 cm³/mol. The predicted octanol–water partition coefficient (Wildman–Crippen LogP) is 0.626. The fourth-order valence-electron chi connectivity index (χ4n) is 2.16. The molecule has 1 saturated carbocycles. The highest BCUT2D eigenvalue weighted by molar-refractivity contribution is 5.98. The molecule has 2 atom stereocenters. The lowest BCUT2D eigenvalue weighted by Crippen LogP contribution is -2.30. The number of nitrogens with zero attached hydrogens (tertiary/aromatic N) is 2. The lowest BCUT2D eigenvalue weighted by Gasteiger charge is -2.09. The van der Waals surface area contributed by atoms with Gasteiger partial charge in [0.15, 0.2) is 5.82 Å². The second kappa shape index (κ2) is 6.71. The largest absolute Gasteiger partial charge is 0.360 e. The van der Waals surface area contributed by atoms with Gasteiger partial charge in [0.25, 0.3) is 0 Å². The molecule has 1 aromatic rings. The van der Waals surface area contributed by atoms with Crippen molar-refractivity contribution in [3.8, 4) is 0 Å². The number of amides is 2. The molecule has 7 nitrogen and oxygen atoms in total. The van der Waals surface area contributed by atoms with Gasteiger partial charge in [-0.05, 0) is 40.4 Å². The molecular weight excluding hydrogens is 272 g/mol. The summed E-state index contributed by atoms with van der Waals surface area (Å²) in [5.41, 5.74) is 0. The van der Waals surface area contributed by atoms with Crippen LogP contribution >= 0.6 is 0 Å². The maximum absolute atomic E-state index is 11.9. The van der Waals surface area contributed by atoms with E-state index in [2.05, 4.69) is 20.7 Å². The maximum atomic E-state index is 11.9. The first-order chi connectivity index (χ1) is 9.97. The van der Waals surface area contributed by atoms with E-state index in [9.17, 15) is 9.59 Å². The normalized spacial score (nSPS) is 20.4. The van der Waals surface area contributed by atoms with Gasteiger partial charge in [-0.25, -0.2) is 0 Å². The van der Waals surface area contributed by atoms with Crippen LogP contribution in [0.15, 0.2) is 10.6 Å². The van der Waals surface area contributed by atoms with Crippen LogP contribution in [0, 0.1) is 18.8 Å². The van der Waals surface area contributed by atoms with Gasteiger partial charge >= 0.3 is 0 Å². The Kier molecular flexibility index (Phi) is 4.95. The molecule has 7 heteroatoms. The average Bonchev–Trinajstić information content (AvgIpc) is 3.12. The number of aromatic nitrogens is 1. The Balaban J connectivity index is 1.68. The summed E-state index contributed by atoms with van der Waals surface area (Å²) < 4.78 is 4.88. The van der Waals surface area contributed by atoms with Crippen LogP contribution in [0.4, 0.5) is 5.82 Å². The van der Waals surface area contributed by atoms with Crippen LogP contribution in [-0.4, -0.2) is 49.1 Å². The van der Waals surface area contributed by atoms with Crippen LogP contribution in [0.1, 0.15) is 18.6 Å². The molecule has 1 aliphatic carbocycles. The Morgan fingerprint density at radius 3 is 2.71 bits per heavy atom. The molecule has 21 heavy (non-hydrogen) atoms. The van der Waals surface area contributed by atoms with Crippen LogP contribution in [-0.2, 0) is 9.59 Å². The Hall–Kier alpha value is -1.89. The summed E-state index contributed by atoms with van der Waals surface area (Å²) in [7, 11) is 3.99. The number of hydrogen-bond acceptors (Lipinski definition) is 5. The zero-order valence-corrected chi connectivity index (χ0v) is 12.7. The van der Waals surface area contributed by atoms with Gasteiger partial charge < -0.3 is 20.1 Å². The summed E-state index contributed by atoms with van der Waals surface area (Å²) in [6.07, 6.45) is 1.50. The highest BCUT2D eigenvalue weighted by Crippen LogP contribution is 2.39. The Labute approximate surface area is 124 Å². The molecule has 0 bridgehead atoms. The number of hydrogen-bond donors (Lipinski definition) is 2. The summed E-state index contributed by atoms with van der Waals surface area (Å²) in [5.74, 6) is 0.362. The van der Waals surface area contributed by atoms with E-state index in [0.29, 0.717) is 24.5 Å². The third-order valence-corrected chi connectivity index (χ3v) is 3.42. The molecule has 0 aliphatic heterocycles. The van der Waals surface area contributed by atoms with Crippen molar-refractivity contribution in [2.45, 2.75) is 19.8 Å². The summed E-state index contributed by atoms with van der Waals surface area (Å²) in [6.45, 7) is 3.33. The van der Waals surface area contributed by atoms with Gasteiger partial charge in [0.2, 0.25) is 11.8 Å². The van der Waals surface area contributed by atoms with Gasteiger partial charge in [0.1, 0.15) is 5.76 Å². The quantitative estimate of drug-likeness (QED) is 0.720. The first-order valence-corrected chi connectivity index (χ1v) is 7.14. The van der Waals surface area contributed by atoms with E-state index in [1.165, 1.54) is 0 Å². The van der Waals surface area contributed by atoms with E-state index in [4.69, 9.17) is 4.52 Å². The van der Waals surface area contributed by atoms with Crippen molar-refractivity contribution in [3.05, 3.63) is 11.8 Å². The second-order valence-electron chi connectivity index (χ2n) is 5.71. The summed E-state index contributed by atoms with van der Waals surface area (Å²) >= 11 is 0. The van der Waals surface area contributed by atoms with Crippen molar-refractivity contribution in [1.29, 1.82) is 0 Å². The smallest absolute Gasteiger partial charge is 0.229 e. The van der Waals surface area contributed by atoms with Crippen molar-refractivity contribution in [2.75, 3.05) is 32.5 Å². The summed E-state index contributed by atoms with van der Waals surface area (Å²) in [6, 6.07) is 1.65. The molecule has 116 valence electrons. The van der Waals surface area contributed by atoms with E-state index < -0.39 is 0 Å². The number of nitrogens with one attached hydrogen (secondary N) is 2. The zero-order chi connectivity index (χ0) is 15.4. The molecule has 1 heterocycles. The van der Waals surface area contributed by atoms with Crippen LogP contribution < -0.4 is 10.6 Å². The first-order valence-electron chi connectivity index (χ1n) is 7.14. The molecule has 0 spiro atoms.